The van der Waals surface area contributed by atoms with Gasteiger partial charge in [-0.1, -0.05) is 0 Å². The van der Waals surface area contributed by atoms with Crippen molar-refractivity contribution < 1.29 is 31.8 Å². The summed E-state index contributed by atoms with van der Waals surface area (Å²) in [4.78, 5) is 26.9. The number of nitrogen functional groups attached to an aromatic ring is 1. The molecule has 0 radical (unpaired) electrons. The lowest BCUT2D eigenvalue weighted by Gasteiger charge is -2.32. The summed E-state index contributed by atoms with van der Waals surface area (Å²) in [6.07, 6.45) is 1.37. The molecule has 0 bridgehead atoms. The molecule has 0 atom stereocenters. The summed E-state index contributed by atoms with van der Waals surface area (Å²) < 4.78 is 61.8. The Morgan fingerprint density at radius 1 is 1.11 bits per heavy atom. The number of rotatable bonds is 5. The minimum atomic E-state index is -4.86. The molecule has 8 nitrogen and oxygen atoms in total. The number of likely N-dealkylation sites (tertiary alicyclic amines) is 1. The van der Waals surface area contributed by atoms with Gasteiger partial charge in [-0.2, -0.15) is 0 Å². The van der Waals surface area contributed by atoms with Crippen LogP contribution in [0.4, 0.5) is 23.2 Å². The number of carbonyl (C=O) groups is 1. The van der Waals surface area contributed by atoms with Gasteiger partial charge in [-0.3, -0.25) is 4.79 Å². The Labute approximate surface area is 216 Å². The summed E-state index contributed by atoms with van der Waals surface area (Å²) in [5.74, 6) is -0.418. The Hall–Kier alpha value is -3.41. The largest absolute Gasteiger partial charge is 0.573 e. The highest BCUT2D eigenvalue weighted by Gasteiger charge is 2.33. The van der Waals surface area contributed by atoms with Crippen molar-refractivity contribution in [3.63, 3.8) is 0 Å². The molecule has 38 heavy (non-hydrogen) atoms. The molecule has 2 aliphatic rings. The predicted octanol–water partition coefficient (Wildman–Crippen LogP) is 5.27. The molecule has 12 heteroatoms. The number of hydrogen-bond acceptors (Lipinski definition) is 6. The molecule has 5 rings (SSSR count). The van der Waals surface area contributed by atoms with E-state index >= 15 is 4.39 Å². The number of ether oxygens (including phenoxy) is 2. The van der Waals surface area contributed by atoms with Crippen LogP contribution in [0.2, 0.25) is 0 Å². The SMILES string of the molecule is COC1CCC(c2nc3c(C4CCN(C(=O)c5ccc(OC(F)(F)F)cc5N)CC4)c(F)cnc3[nH]2)CC1. The second-order valence-electron chi connectivity index (χ2n) is 9.91. The zero-order valence-electron chi connectivity index (χ0n) is 20.9. The van der Waals surface area contributed by atoms with E-state index in [4.69, 9.17) is 15.5 Å². The molecule has 1 saturated carbocycles. The minimum Gasteiger partial charge on any atom is -0.406 e. The Balaban J connectivity index is 1.29. The van der Waals surface area contributed by atoms with Crippen LogP contribution in [0.25, 0.3) is 11.2 Å². The lowest BCUT2D eigenvalue weighted by atomic mass is 9.87. The topological polar surface area (TPSA) is 106 Å². The number of halogens is 4. The van der Waals surface area contributed by atoms with Crippen LogP contribution in [0, 0.1) is 5.82 Å². The van der Waals surface area contributed by atoms with Gasteiger partial charge in [0, 0.05) is 43.4 Å². The number of amides is 1. The van der Waals surface area contributed by atoms with Crippen LogP contribution < -0.4 is 10.5 Å². The molecule has 1 aliphatic carbocycles. The van der Waals surface area contributed by atoms with Gasteiger partial charge in [0.15, 0.2) is 5.65 Å². The average molecular weight is 536 g/mol. The van der Waals surface area contributed by atoms with Gasteiger partial charge in [-0.05, 0) is 56.6 Å². The smallest absolute Gasteiger partial charge is 0.406 e. The summed E-state index contributed by atoms with van der Waals surface area (Å²) >= 11 is 0. The number of carbonyl (C=O) groups excluding carboxylic acids is 1. The van der Waals surface area contributed by atoms with E-state index in [2.05, 4.69) is 14.7 Å². The number of benzene rings is 1. The van der Waals surface area contributed by atoms with Crippen LogP contribution in [0.15, 0.2) is 24.4 Å². The first kappa shape index (κ1) is 26.2. The monoisotopic (exact) mass is 535 g/mol. The highest BCUT2D eigenvalue weighted by atomic mass is 19.4. The van der Waals surface area contributed by atoms with Crippen LogP contribution >= 0.6 is 0 Å². The number of piperidine rings is 1. The lowest BCUT2D eigenvalue weighted by Crippen LogP contribution is -2.38. The number of nitrogens with two attached hydrogens (primary N) is 1. The molecule has 2 aromatic heterocycles. The number of imidazole rings is 1. The highest BCUT2D eigenvalue weighted by molar-refractivity contribution is 5.99. The van der Waals surface area contributed by atoms with E-state index in [1.165, 1.54) is 12.3 Å². The van der Waals surface area contributed by atoms with Crippen LogP contribution in [-0.2, 0) is 4.74 Å². The molecule has 204 valence electrons. The highest BCUT2D eigenvalue weighted by Crippen LogP contribution is 2.37. The first-order chi connectivity index (χ1) is 18.1. The number of alkyl halides is 3. The fourth-order valence-electron chi connectivity index (χ4n) is 5.59. The summed E-state index contributed by atoms with van der Waals surface area (Å²) in [5, 5.41) is 0. The molecule has 2 fully saturated rings. The van der Waals surface area contributed by atoms with Crippen molar-refractivity contribution in [2.24, 2.45) is 0 Å². The number of H-pyrrole nitrogens is 1. The van der Waals surface area contributed by atoms with Gasteiger partial charge in [-0.15, -0.1) is 13.2 Å². The van der Waals surface area contributed by atoms with Gasteiger partial charge in [0.1, 0.15) is 22.9 Å². The number of nitrogens with zero attached hydrogens (tertiary/aromatic N) is 3. The first-order valence-electron chi connectivity index (χ1n) is 12.6. The van der Waals surface area contributed by atoms with E-state index in [0.29, 0.717) is 42.7 Å². The number of aromatic amines is 1. The fraction of sp³-hybridized carbons (Fsp3) is 0.500. The number of fused-ring (bicyclic) bond motifs is 1. The number of pyridine rings is 1. The van der Waals surface area contributed by atoms with E-state index < -0.39 is 23.8 Å². The second kappa shape index (κ2) is 10.4. The zero-order chi connectivity index (χ0) is 27.0. The van der Waals surface area contributed by atoms with Gasteiger partial charge in [0.2, 0.25) is 0 Å². The lowest BCUT2D eigenvalue weighted by molar-refractivity contribution is -0.274. The minimum absolute atomic E-state index is 0.0931. The maximum atomic E-state index is 15.1. The Kier molecular flexibility index (Phi) is 7.17. The Morgan fingerprint density at radius 3 is 2.45 bits per heavy atom. The Morgan fingerprint density at radius 2 is 1.82 bits per heavy atom. The molecule has 1 saturated heterocycles. The summed E-state index contributed by atoms with van der Waals surface area (Å²) in [6, 6.07) is 3.26. The maximum Gasteiger partial charge on any atom is 0.573 e. The van der Waals surface area contributed by atoms with Crippen molar-refractivity contribution in [1.82, 2.24) is 19.9 Å². The van der Waals surface area contributed by atoms with E-state index in [1.54, 1.807) is 12.0 Å². The number of aromatic nitrogens is 3. The van der Waals surface area contributed by atoms with Crippen molar-refractivity contribution in [2.75, 3.05) is 25.9 Å². The third kappa shape index (κ3) is 5.40. The molecule has 1 aliphatic heterocycles. The maximum absolute atomic E-state index is 15.1. The van der Waals surface area contributed by atoms with Crippen molar-refractivity contribution in [1.29, 1.82) is 0 Å². The quantitative estimate of drug-likeness (QED) is 0.341. The van der Waals surface area contributed by atoms with Crippen LogP contribution in [-0.4, -0.2) is 58.4 Å². The zero-order valence-corrected chi connectivity index (χ0v) is 20.9. The molecule has 3 N–H and O–H groups in total. The van der Waals surface area contributed by atoms with Crippen molar-refractivity contribution in [3.8, 4) is 5.75 Å². The van der Waals surface area contributed by atoms with Crippen molar-refractivity contribution in [2.45, 2.75) is 62.8 Å². The van der Waals surface area contributed by atoms with Gasteiger partial charge in [0.05, 0.1) is 17.9 Å². The standard InChI is InChI=1S/C26H29F4N5O3/c1-37-16-4-2-15(3-5-16)23-33-22-21(19(27)13-32-24(22)34-23)14-8-10-35(11-9-14)25(36)18-7-6-17(12-20(18)31)38-26(28,29)30/h6-7,12-16H,2-5,8-11,31H2,1H3,(H,32,33,34). The summed E-state index contributed by atoms with van der Waals surface area (Å²) in [7, 11) is 1.72. The van der Waals surface area contributed by atoms with E-state index in [0.717, 1.165) is 43.6 Å². The fourth-order valence-corrected chi connectivity index (χ4v) is 5.59. The van der Waals surface area contributed by atoms with Crippen LogP contribution in [0.3, 0.4) is 0 Å². The Bertz CT molecular complexity index is 1310. The number of nitrogens with one attached hydrogen (secondary N) is 1. The molecule has 0 spiro atoms. The third-order valence-corrected chi connectivity index (χ3v) is 7.59. The third-order valence-electron chi connectivity index (χ3n) is 7.59. The molecule has 3 aromatic rings. The molecule has 1 aromatic carbocycles. The molecular formula is C26H29F4N5O3. The van der Waals surface area contributed by atoms with Gasteiger partial charge >= 0.3 is 6.36 Å². The molecule has 0 unspecified atom stereocenters. The molecule has 3 heterocycles. The normalized spacial score (nSPS) is 21.1. The van der Waals surface area contributed by atoms with Gasteiger partial charge in [-0.25, -0.2) is 14.4 Å². The van der Waals surface area contributed by atoms with Gasteiger partial charge < -0.3 is 25.1 Å². The van der Waals surface area contributed by atoms with E-state index in [-0.39, 0.29) is 29.2 Å². The number of anilines is 1. The number of hydrogen-bond donors (Lipinski definition) is 2. The van der Waals surface area contributed by atoms with Crippen molar-refractivity contribution in [3.05, 3.63) is 47.2 Å². The van der Waals surface area contributed by atoms with Crippen LogP contribution in [0.1, 0.15) is 72.1 Å². The van der Waals surface area contributed by atoms with E-state index in [1.807, 2.05) is 0 Å². The first-order valence-corrected chi connectivity index (χ1v) is 12.6. The predicted molar refractivity (Wildman–Crippen MR) is 131 cm³/mol. The molecule has 1 amide bonds. The average Bonchev–Trinajstić information content (AvgIpc) is 3.32. The van der Waals surface area contributed by atoms with Crippen LogP contribution in [0.5, 0.6) is 5.75 Å². The molecular weight excluding hydrogens is 506 g/mol. The van der Waals surface area contributed by atoms with Crippen molar-refractivity contribution >= 4 is 22.8 Å². The number of methoxy groups -OCH3 is 1. The second-order valence-corrected chi connectivity index (χ2v) is 9.91. The van der Waals surface area contributed by atoms with E-state index in [9.17, 15) is 18.0 Å². The summed E-state index contributed by atoms with van der Waals surface area (Å²) in [5.41, 5.74) is 7.43. The van der Waals surface area contributed by atoms with Gasteiger partial charge in [0.25, 0.3) is 5.91 Å². The summed E-state index contributed by atoms with van der Waals surface area (Å²) in [6.45, 7) is 0.677.